The van der Waals surface area contributed by atoms with Crippen molar-refractivity contribution in [3.8, 4) is 0 Å². The van der Waals surface area contributed by atoms with E-state index in [1.165, 1.54) is 12.3 Å². The van der Waals surface area contributed by atoms with Gasteiger partial charge in [0.25, 0.3) is 5.91 Å². The van der Waals surface area contributed by atoms with Gasteiger partial charge >= 0.3 is 5.69 Å². The van der Waals surface area contributed by atoms with Crippen molar-refractivity contribution in [3.05, 3.63) is 33.1 Å². The largest absolute Gasteiger partial charge is 0.377 e. The van der Waals surface area contributed by atoms with E-state index in [1.807, 2.05) is 13.8 Å². The van der Waals surface area contributed by atoms with E-state index in [2.05, 4.69) is 10.3 Å². The van der Waals surface area contributed by atoms with Crippen LogP contribution in [0.3, 0.4) is 0 Å². The zero-order valence-corrected chi connectivity index (χ0v) is 11.3. The Kier molecular flexibility index (Phi) is 5.65. The van der Waals surface area contributed by atoms with Gasteiger partial charge in [-0.2, -0.15) is 0 Å². The second kappa shape index (κ2) is 7.01. The van der Waals surface area contributed by atoms with E-state index < -0.39 is 16.5 Å². The van der Waals surface area contributed by atoms with E-state index >= 15 is 0 Å². The van der Waals surface area contributed by atoms with Crippen LogP contribution >= 0.6 is 11.6 Å². The predicted octanol–water partition coefficient (Wildman–Crippen LogP) is 1.80. The maximum absolute atomic E-state index is 11.8. The maximum Gasteiger partial charge on any atom is 0.319 e. The summed E-state index contributed by atoms with van der Waals surface area (Å²) in [7, 11) is 0. The summed E-state index contributed by atoms with van der Waals surface area (Å²) in [6, 6.07) is 1.25. The molecular formula is C11H14ClN3O4. The third-order valence-corrected chi connectivity index (χ3v) is 2.42. The smallest absolute Gasteiger partial charge is 0.319 e. The fourth-order valence-corrected chi connectivity index (χ4v) is 1.57. The zero-order valence-electron chi connectivity index (χ0n) is 10.6. The van der Waals surface area contributed by atoms with Gasteiger partial charge in [-0.25, -0.2) is 4.98 Å². The van der Waals surface area contributed by atoms with E-state index in [0.717, 1.165) is 0 Å². The van der Waals surface area contributed by atoms with Gasteiger partial charge in [0.2, 0.25) is 5.15 Å². The van der Waals surface area contributed by atoms with Gasteiger partial charge in [-0.05, 0) is 19.9 Å². The zero-order chi connectivity index (χ0) is 14.4. The van der Waals surface area contributed by atoms with Gasteiger partial charge in [-0.3, -0.25) is 14.9 Å². The van der Waals surface area contributed by atoms with Gasteiger partial charge in [-0.15, -0.1) is 0 Å². The number of pyridine rings is 1. The normalized spacial score (nSPS) is 10.5. The Bertz CT molecular complexity index is 479. The van der Waals surface area contributed by atoms with Crippen molar-refractivity contribution in [2.24, 2.45) is 0 Å². The first-order chi connectivity index (χ1) is 8.93. The van der Waals surface area contributed by atoms with E-state index in [4.69, 9.17) is 16.3 Å². The first-order valence-corrected chi connectivity index (χ1v) is 6.00. The summed E-state index contributed by atoms with van der Waals surface area (Å²) in [5.74, 6) is -0.580. The van der Waals surface area contributed by atoms with Crippen molar-refractivity contribution >= 4 is 23.2 Å². The Morgan fingerprint density at radius 2 is 2.32 bits per heavy atom. The molecule has 0 aliphatic rings. The summed E-state index contributed by atoms with van der Waals surface area (Å²) in [5, 5.41) is 13.1. The molecule has 0 aromatic carbocycles. The molecule has 1 aromatic heterocycles. The molecule has 0 radical (unpaired) electrons. The molecule has 1 aromatic rings. The highest BCUT2D eigenvalue weighted by atomic mass is 35.5. The number of nitrogens with one attached hydrogen (secondary N) is 1. The molecule has 0 saturated heterocycles. The molecular weight excluding hydrogens is 274 g/mol. The molecule has 19 heavy (non-hydrogen) atoms. The van der Waals surface area contributed by atoms with Gasteiger partial charge in [0.1, 0.15) is 5.56 Å². The van der Waals surface area contributed by atoms with E-state index in [-0.39, 0.29) is 23.4 Å². The van der Waals surface area contributed by atoms with Crippen LogP contribution < -0.4 is 5.32 Å². The lowest BCUT2D eigenvalue weighted by Gasteiger charge is -2.09. The van der Waals surface area contributed by atoms with Gasteiger partial charge in [0, 0.05) is 12.7 Å². The quantitative estimate of drug-likeness (QED) is 0.372. The molecule has 0 aliphatic carbocycles. The van der Waals surface area contributed by atoms with Crippen LogP contribution in [0.25, 0.3) is 0 Å². The molecule has 1 rings (SSSR count). The van der Waals surface area contributed by atoms with Crippen LogP contribution in [0.5, 0.6) is 0 Å². The van der Waals surface area contributed by atoms with Crippen LogP contribution in [0.15, 0.2) is 12.3 Å². The fraction of sp³-hybridized carbons (Fsp3) is 0.455. The molecule has 1 N–H and O–H groups in total. The van der Waals surface area contributed by atoms with Crippen molar-refractivity contribution in [2.75, 3.05) is 13.2 Å². The summed E-state index contributed by atoms with van der Waals surface area (Å²) in [6.45, 7) is 4.33. The Labute approximate surface area is 115 Å². The highest BCUT2D eigenvalue weighted by Gasteiger charge is 2.24. The minimum atomic E-state index is -0.727. The van der Waals surface area contributed by atoms with E-state index in [0.29, 0.717) is 6.61 Å². The molecule has 0 spiro atoms. The number of nitro groups is 1. The third kappa shape index (κ3) is 4.46. The van der Waals surface area contributed by atoms with Crippen LogP contribution in [0.2, 0.25) is 5.15 Å². The molecule has 1 amide bonds. The number of hydrogen-bond acceptors (Lipinski definition) is 5. The molecule has 7 nitrogen and oxygen atoms in total. The van der Waals surface area contributed by atoms with Crippen LogP contribution in [0.1, 0.15) is 24.2 Å². The van der Waals surface area contributed by atoms with Crippen molar-refractivity contribution in [2.45, 2.75) is 20.0 Å². The van der Waals surface area contributed by atoms with Crippen molar-refractivity contribution in [3.63, 3.8) is 0 Å². The number of ether oxygens (including phenoxy) is 1. The highest BCUT2D eigenvalue weighted by molar-refractivity contribution is 6.32. The van der Waals surface area contributed by atoms with Gasteiger partial charge in [0.15, 0.2) is 0 Å². The van der Waals surface area contributed by atoms with Crippen molar-refractivity contribution in [1.82, 2.24) is 10.3 Å². The van der Waals surface area contributed by atoms with E-state index in [9.17, 15) is 14.9 Å². The molecule has 1 heterocycles. The van der Waals surface area contributed by atoms with E-state index in [1.54, 1.807) is 0 Å². The number of hydrogen-bond donors (Lipinski definition) is 1. The predicted molar refractivity (Wildman–Crippen MR) is 69.3 cm³/mol. The van der Waals surface area contributed by atoms with Crippen LogP contribution in [-0.2, 0) is 4.74 Å². The minimum absolute atomic E-state index is 0.0570. The SMILES string of the molecule is CC(C)OCCNC(=O)c1ccnc(Cl)c1[N+](=O)[O-]. The molecule has 0 fully saturated rings. The van der Waals surface area contributed by atoms with Gasteiger partial charge < -0.3 is 10.1 Å². The Morgan fingerprint density at radius 1 is 1.63 bits per heavy atom. The molecule has 0 bridgehead atoms. The number of carbonyl (C=O) groups excluding carboxylic acids is 1. The standard InChI is InChI=1S/C11H14ClN3O4/c1-7(2)19-6-5-14-11(16)8-3-4-13-10(12)9(8)15(17)18/h3-4,7H,5-6H2,1-2H3,(H,14,16). The third-order valence-electron chi connectivity index (χ3n) is 2.15. The molecule has 0 atom stereocenters. The lowest BCUT2D eigenvalue weighted by atomic mass is 10.2. The minimum Gasteiger partial charge on any atom is -0.377 e. The van der Waals surface area contributed by atoms with Crippen LogP contribution in [0, 0.1) is 10.1 Å². The van der Waals surface area contributed by atoms with Crippen molar-refractivity contribution < 1.29 is 14.5 Å². The van der Waals surface area contributed by atoms with Gasteiger partial charge in [0.05, 0.1) is 17.6 Å². The average molecular weight is 288 g/mol. The highest BCUT2D eigenvalue weighted by Crippen LogP contribution is 2.25. The Hall–Kier alpha value is -1.73. The van der Waals surface area contributed by atoms with Crippen LogP contribution in [0.4, 0.5) is 5.69 Å². The molecule has 0 saturated carbocycles. The number of aromatic nitrogens is 1. The molecule has 104 valence electrons. The number of amides is 1. The van der Waals surface area contributed by atoms with Crippen molar-refractivity contribution in [1.29, 1.82) is 0 Å². The second-order valence-electron chi connectivity index (χ2n) is 3.93. The Morgan fingerprint density at radius 3 is 2.89 bits per heavy atom. The summed E-state index contributed by atoms with van der Waals surface area (Å²) < 4.78 is 5.24. The Balaban J connectivity index is 2.72. The number of halogens is 1. The van der Waals surface area contributed by atoms with Crippen LogP contribution in [-0.4, -0.2) is 35.1 Å². The average Bonchev–Trinajstić information content (AvgIpc) is 2.33. The summed E-state index contributed by atoms with van der Waals surface area (Å²) in [6.07, 6.45) is 1.30. The maximum atomic E-state index is 11.8. The lowest BCUT2D eigenvalue weighted by Crippen LogP contribution is -2.28. The molecule has 8 heteroatoms. The topological polar surface area (TPSA) is 94.4 Å². The molecule has 0 unspecified atom stereocenters. The summed E-state index contributed by atoms with van der Waals surface area (Å²) >= 11 is 5.61. The fourth-order valence-electron chi connectivity index (χ4n) is 1.34. The van der Waals surface area contributed by atoms with Gasteiger partial charge in [-0.1, -0.05) is 11.6 Å². The monoisotopic (exact) mass is 287 g/mol. The first-order valence-electron chi connectivity index (χ1n) is 5.62. The number of rotatable bonds is 6. The lowest BCUT2D eigenvalue weighted by molar-refractivity contribution is -0.385. The number of nitrogens with zero attached hydrogens (tertiary/aromatic N) is 2. The number of carbonyl (C=O) groups is 1. The summed E-state index contributed by atoms with van der Waals surface area (Å²) in [4.78, 5) is 25.5. The second-order valence-corrected chi connectivity index (χ2v) is 4.29. The first kappa shape index (κ1) is 15.3. The summed E-state index contributed by atoms with van der Waals surface area (Å²) in [5.41, 5.74) is -0.610. The molecule has 0 aliphatic heterocycles.